The second-order valence-electron chi connectivity index (χ2n) is 36.8. The molecule has 136 heavy (non-hydrogen) atoms. The summed E-state index contributed by atoms with van der Waals surface area (Å²) in [6.45, 7) is 47.3. The van der Waals surface area contributed by atoms with Crippen molar-refractivity contribution >= 4 is 98.8 Å². The number of morpholine rings is 1. The number of amides is 9. The Labute approximate surface area is 810 Å². The number of hydrogen-bond donors (Lipinski definition) is 8. The first-order chi connectivity index (χ1) is 64.9. The summed E-state index contributed by atoms with van der Waals surface area (Å²) < 4.78 is 15.4. The van der Waals surface area contributed by atoms with E-state index in [2.05, 4.69) is 261 Å². The number of nitrogens with two attached hydrogens (primary N) is 1. The molecule has 1 aliphatic carbocycles. The lowest BCUT2D eigenvalue weighted by Crippen LogP contribution is -2.41. The Morgan fingerprint density at radius 2 is 0.691 bits per heavy atom. The lowest BCUT2D eigenvalue weighted by atomic mass is 10.0. The first kappa shape index (κ1) is 112. The molecule has 0 unspecified atom stereocenters. The molecular formula is C114H152N10O12. The molecule has 4 aliphatic rings. The Balaban J connectivity index is 0.000000236. The predicted molar refractivity (Wildman–Crippen MR) is 561 cm³/mol. The van der Waals surface area contributed by atoms with Crippen molar-refractivity contribution in [1.29, 1.82) is 0 Å². The molecule has 22 heteroatoms. The van der Waals surface area contributed by atoms with Gasteiger partial charge in [-0.3, -0.25) is 33.7 Å². The van der Waals surface area contributed by atoms with Gasteiger partial charge in [0.25, 0.3) is 5.91 Å². The first-order valence-corrected chi connectivity index (χ1v) is 48.2. The molecule has 0 atom stereocenters. The van der Waals surface area contributed by atoms with Gasteiger partial charge in [0.2, 0.25) is 29.5 Å². The van der Waals surface area contributed by atoms with Gasteiger partial charge in [-0.1, -0.05) is 271 Å². The van der Waals surface area contributed by atoms with Crippen LogP contribution in [0.5, 0.6) is 0 Å². The monoisotopic (exact) mass is 1850 g/mol. The Morgan fingerprint density at radius 1 is 0.375 bits per heavy atom. The highest BCUT2D eigenvalue weighted by atomic mass is 16.6. The van der Waals surface area contributed by atoms with Crippen LogP contribution >= 0.6 is 0 Å². The van der Waals surface area contributed by atoms with Gasteiger partial charge in [-0.2, -0.15) is 0 Å². The second kappa shape index (κ2) is 59.9. The molecular weight excluding hydrogens is 1700 g/mol. The van der Waals surface area contributed by atoms with Crippen LogP contribution in [0.25, 0.3) is 0 Å². The topological polar surface area (TPSA) is 292 Å². The highest BCUT2D eigenvalue weighted by Crippen LogP contribution is 2.34. The molecule has 0 aromatic heterocycles. The highest BCUT2D eigenvalue weighted by molar-refractivity contribution is 5.97. The van der Waals surface area contributed by atoms with Crippen molar-refractivity contribution in [3.8, 4) is 0 Å². The second-order valence-corrected chi connectivity index (χ2v) is 36.8. The SMILES string of the molecule is CC(C)c1ccc(N2CCCC2=O)cc1.CC(C)c1ccc(N2CCOC2=O)cc1.CC(C)c1ccc(N2CCOCC2=O)cc1.CC(C)c1ccc(NC(=O)CC2CC2)cc1.CC(C)c1ccc(NC(=O)CO)cc1.CC(C)c1ccc(NC(=O)COCc2ccccc2)cc1.CC(C)c1ccc(NC(N)=O)cc1.CCC(=O)Nc1ccc(C(C)C)cc1.CCNc1ccc(C(C)C)cc1. The number of rotatable bonds is 27. The van der Waals surface area contributed by atoms with E-state index < -0.39 is 12.6 Å². The standard InChI is InChI=1S/C18H21NO2.C14H19NO.C13H17NO2.C13H17NO.C12H15NO2.C12H17NO.C11H15NO2.C11H17N.C10H14N2O/c1-14(2)16-8-10-17(11-9-16)19-18(20)13-21-12-15-6-4-3-5-7-15;1-10(2)12-5-7-13(8-6-12)15-14(16)9-11-3-4-11;1-10(2)11-3-5-12(6-4-11)14-7-8-16-9-13(14)15;1-10(2)11-5-7-12(8-6-11)14-9-3-4-13(14)15;1-9(2)10-3-5-11(6-4-10)13-7-8-15-12(13)14;1-4-12(14)13-11-7-5-10(6-8-11)9(2)3;1-8(2)9-3-5-10(6-4-9)12-11(14)7-13;1-4-12-11-7-5-10(6-8-11)9(2)3;1-7(2)8-3-5-9(6-4-8)12-10(11)13/h3-11,14H,12-13H2,1-2H3,(H,19,20);5-8,10-11H,3-4,9H2,1-2H3,(H,15,16);3-6,10H,7-9H2,1-2H3;5-8,10H,3-4,9H2,1-2H3;3-6,9H,7-8H2,1-2H3;5-9H,4H2,1-3H3,(H,13,14);3-6,8,13H,7H2,1-2H3,(H,12,14);5-9,12H,4H2,1-3H3;3-7H,1-2H3,(H3,11,12,13). The van der Waals surface area contributed by atoms with Crippen molar-refractivity contribution < 1.29 is 57.7 Å². The summed E-state index contributed by atoms with van der Waals surface area (Å²) in [6, 6.07) is 81.8. The molecule has 14 rings (SSSR count). The maximum atomic E-state index is 11.8. The number of anilines is 9. The summed E-state index contributed by atoms with van der Waals surface area (Å²) in [7, 11) is 0. The fraction of sp³-hybridized carbons (Fsp3) is 0.404. The van der Waals surface area contributed by atoms with E-state index in [1.54, 1.807) is 9.80 Å². The van der Waals surface area contributed by atoms with E-state index in [0.717, 1.165) is 64.9 Å². The van der Waals surface area contributed by atoms with Crippen molar-refractivity contribution in [2.24, 2.45) is 11.7 Å². The van der Waals surface area contributed by atoms with E-state index in [4.69, 9.17) is 25.1 Å². The van der Waals surface area contributed by atoms with Crippen LogP contribution in [0, 0.1) is 5.92 Å². The molecule has 10 aromatic carbocycles. The zero-order valence-electron chi connectivity index (χ0n) is 84.1. The zero-order valence-corrected chi connectivity index (χ0v) is 84.1. The van der Waals surface area contributed by atoms with Crippen molar-refractivity contribution in [1.82, 2.24) is 0 Å². The quantitative estimate of drug-likeness (QED) is 0.0238. The summed E-state index contributed by atoms with van der Waals surface area (Å²) in [6.07, 6.45) is 5.10. The molecule has 730 valence electrons. The smallest absolute Gasteiger partial charge is 0.414 e. The molecule has 22 nitrogen and oxygen atoms in total. The molecule has 10 aromatic rings. The average Bonchev–Trinajstić information content (AvgIpc) is 1.78. The van der Waals surface area contributed by atoms with Crippen LogP contribution in [-0.2, 0) is 49.6 Å². The number of carbonyl (C=O) groups is 8. The minimum absolute atomic E-state index is 0.0450. The summed E-state index contributed by atoms with van der Waals surface area (Å²) in [5.74, 6) is 5.40. The number of cyclic esters (lactones) is 1. The third-order valence-electron chi connectivity index (χ3n) is 22.7. The number of aliphatic hydroxyl groups excluding tert-OH is 1. The van der Waals surface area contributed by atoms with Gasteiger partial charge in [0.05, 0.1) is 19.8 Å². The van der Waals surface area contributed by atoms with Crippen LogP contribution < -0.4 is 52.3 Å². The minimum Gasteiger partial charge on any atom is -0.447 e. The van der Waals surface area contributed by atoms with Gasteiger partial charge in [0.1, 0.15) is 26.4 Å². The number of urea groups is 1. The fourth-order valence-corrected chi connectivity index (χ4v) is 13.8. The number of ether oxygens (including phenoxy) is 3. The molecule has 1 saturated carbocycles. The van der Waals surface area contributed by atoms with Gasteiger partial charge in [0, 0.05) is 90.1 Å². The number of carbonyl (C=O) groups excluding carboxylic acids is 8. The van der Waals surface area contributed by atoms with Crippen molar-refractivity contribution in [2.45, 2.75) is 237 Å². The van der Waals surface area contributed by atoms with Crippen LogP contribution in [0.4, 0.5) is 60.8 Å². The Kier molecular flexibility index (Phi) is 49.3. The van der Waals surface area contributed by atoms with Gasteiger partial charge in [-0.15, -0.1) is 0 Å². The Morgan fingerprint density at radius 3 is 0.993 bits per heavy atom. The van der Waals surface area contributed by atoms with Crippen molar-refractivity contribution in [2.75, 3.05) is 106 Å². The molecule has 4 fully saturated rings. The third kappa shape index (κ3) is 42.0. The van der Waals surface area contributed by atoms with E-state index in [-0.39, 0.29) is 54.8 Å². The number of aliphatic hydroxyl groups is 1. The summed E-state index contributed by atoms with van der Waals surface area (Å²) in [5, 5.41) is 25.5. The van der Waals surface area contributed by atoms with Crippen LogP contribution in [0.2, 0.25) is 0 Å². The van der Waals surface area contributed by atoms with Gasteiger partial charge >= 0.3 is 12.1 Å². The van der Waals surface area contributed by atoms with Gasteiger partial charge < -0.3 is 66.8 Å². The predicted octanol–water partition coefficient (Wildman–Crippen LogP) is 25.8. The van der Waals surface area contributed by atoms with Crippen LogP contribution in [-0.4, -0.2) is 112 Å². The van der Waals surface area contributed by atoms with E-state index in [9.17, 15) is 38.4 Å². The van der Waals surface area contributed by atoms with Gasteiger partial charge in [-0.05, 0) is 250 Å². The summed E-state index contributed by atoms with van der Waals surface area (Å²) in [4.78, 5) is 95.5. The van der Waals surface area contributed by atoms with E-state index >= 15 is 0 Å². The average molecular weight is 1850 g/mol. The number of nitrogens with zero attached hydrogens (tertiary/aromatic N) is 3. The third-order valence-corrected chi connectivity index (χ3v) is 22.7. The van der Waals surface area contributed by atoms with E-state index in [0.29, 0.717) is 117 Å². The van der Waals surface area contributed by atoms with Crippen molar-refractivity contribution in [3.63, 3.8) is 0 Å². The molecule has 0 radical (unpaired) electrons. The molecule has 3 aliphatic heterocycles. The molecule has 3 heterocycles. The van der Waals surface area contributed by atoms with Crippen LogP contribution in [0.1, 0.15) is 286 Å². The number of benzene rings is 10. The summed E-state index contributed by atoms with van der Waals surface area (Å²) >= 11 is 0. The summed E-state index contributed by atoms with van der Waals surface area (Å²) in [5.41, 5.74) is 25.8. The molecule has 0 spiro atoms. The highest BCUT2D eigenvalue weighted by Gasteiger charge is 2.26. The first-order valence-electron chi connectivity index (χ1n) is 48.2. The number of hydrogen-bond acceptors (Lipinski definition) is 13. The number of primary amides is 1. The maximum absolute atomic E-state index is 11.8. The molecule has 0 bridgehead atoms. The molecule has 9 N–H and O–H groups in total. The lowest BCUT2D eigenvalue weighted by Gasteiger charge is -2.27. The van der Waals surface area contributed by atoms with Gasteiger partial charge in [0.15, 0.2) is 0 Å². The maximum Gasteiger partial charge on any atom is 0.414 e. The minimum atomic E-state index is -0.530. The van der Waals surface area contributed by atoms with Crippen LogP contribution in [0.15, 0.2) is 249 Å². The zero-order chi connectivity index (χ0) is 99.8. The molecule has 3 saturated heterocycles. The largest absolute Gasteiger partial charge is 0.447 e. The number of nitrogens with one attached hydrogen (secondary N) is 6. The molecule has 9 amide bonds. The van der Waals surface area contributed by atoms with E-state index in [1.165, 1.54) is 68.6 Å². The van der Waals surface area contributed by atoms with Gasteiger partial charge in [-0.25, -0.2) is 9.59 Å². The van der Waals surface area contributed by atoms with E-state index in [1.807, 2.05) is 163 Å². The fourth-order valence-electron chi connectivity index (χ4n) is 13.8. The lowest BCUT2D eigenvalue weighted by molar-refractivity contribution is -0.126. The Hall–Kier alpha value is -12.8. The van der Waals surface area contributed by atoms with Crippen LogP contribution in [0.3, 0.4) is 0 Å². The normalized spacial score (nSPS) is 13.0. The van der Waals surface area contributed by atoms with Crippen molar-refractivity contribution in [3.05, 3.63) is 304 Å². The Bertz CT molecular complexity index is 5040.